The van der Waals surface area contributed by atoms with Crippen molar-refractivity contribution in [1.82, 2.24) is 9.88 Å². The van der Waals surface area contributed by atoms with E-state index in [4.69, 9.17) is 17.3 Å². The van der Waals surface area contributed by atoms with Crippen LogP contribution < -0.4 is 10.6 Å². The molecule has 1 aliphatic rings. The summed E-state index contributed by atoms with van der Waals surface area (Å²) in [5.74, 6) is 0.813. The van der Waals surface area contributed by atoms with E-state index in [0.717, 1.165) is 12.4 Å². The van der Waals surface area contributed by atoms with Gasteiger partial charge in [0, 0.05) is 25.3 Å². The zero-order valence-corrected chi connectivity index (χ0v) is 12.0. The Morgan fingerprint density at radius 3 is 2.50 bits per heavy atom. The topological polar surface area (TPSA) is 45.4 Å². The number of pyridine rings is 1. The molecule has 4 nitrogen and oxygen atoms in total. The summed E-state index contributed by atoms with van der Waals surface area (Å²) in [5, 5.41) is 0.579. The van der Waals surface area contributed by atoms with Gasteiger partial charge < -0.3 is 15.5 Å². The number of anilines is 2. The first-order valence-corrected chi connectivity index (χ1v) is 6.62. The molecule has 0 spiro atoms. The van der Waals surface area contributed by atoms with E-state index in [0.29, 0.717) is 10.7 Å². The summed E-state index contributed by atoms with van der Waals surface area (Å²) in [4.78, 5) is 8.78. The van der Waals surface area contributed by atoms with Gasteiger partial charge in [0.1, 0.15) is 0 Å². The van der Waals surface area contributed by atoms with E-state index in [1.807, 2.05) is 7.05 Å². The quantitative estimate of drug-likeness (QED) is 0.910. The molecule has 0 atom stereocenters. The van der Waals surface area contributed by atoms with Gasteiger partial charge in [-0.2, -0.15) is 0 Å². The van der Waals surface area contributed by atoms with E-state index in [9.17, 15) is 0 Å². The molecule has 0 bridgehead atoms. The highest BCUT2D eigenvalue weighted by Gasteiger charge is 2.40. The summed E-state index contributed by atoms with van der Waals surface area (Å²) in [7, 11) is 6.33. The van der Waals surface area contributed by atoms with E-state index in [1.165, 1.54) is 19.3 Å². The molecule has 0 aromatic carbocycles. The van der Waals surface area contributed by atoms with Crippen LogP contribution in [0.5, 0.6) is 0 Å². The fourth-order valence-corrected chi connectivity index (χ4v) is 2.78. The summed E-state index contributed by atoms with van der Waals surface area (Å²) >= 11 is 5.87. The van der Waals surface area contributed by atoms with Crippen molar-refractivity contribution in [3.05, 3.63) is 17.3 Å². The molecule has 0 amide bonds. The molecule has 1 aromatic heterocycles. The lowest BCUT2D eigenvalue weighted by Gasteiger charge is -2.49. The van der Waals surface area contributed by atoms with Crippen LogP contribution >= 0.6 is 11.6 Å². The van der Waals surface area contributed by atoms with Crippen molar-refractivity contribution in [1.29, 1.82) is 0 Å². The Bertz CT molecular complexity index is 429. The van der Waals surface area contributed by atoms with E-state index in [1.54, 1.807) is 12.3 Å². The number of halogens is 1. The minimum Gasteiger partial charge on any atom is -0.396 e. The summed E-state index contributed by atoms with van der Waals surface area (Å²) in [6, 6.07) is 1.75. The number of rotatable bonds is 4. The van der Waals surface area contributed by atoms with Crippen LogP contribution in [0.2, 0.25) is 5.02 Å². The van der Waals surface area contributed by atoms with Crippen LogP contribution in [0.1, 0.15) is 19.3 Å². The van der Waals surface area contributed by atoms with Crippen LogP contribution in [-0.4, -0.2) is 43.1 Å². The molecular weight excluding hydrogens is 248 g/mol. The van der Waals surface area contributed by atoms with Gasteiger partial charge in [-0.25, -0.2) is 4.98 Å². The lowest BCUT2D eigenvalue weighted by molar-refractivity contribution is 0.0682. The van der Waals surface area contributed by atoms with Gasteiger partial charge in [-0.1, -0.05) is 11.6 Å². The smallest absolute Gasteiger partial charge is 0.151 e. The van der Waals surface area contributed by atoms with Crippen molar-refractivity contribution < 1.29 is 0 Å². The molecule has 5 heteroatoms. The summed E-state index contributed by atoms with van der Waals surface area (Å²) in [6.45, 7) is 0.943. The summed E-state index contributed by atoms with van der Waals surface area (Å²) in [5.41, 5.74) is 6.88. The van der Waals surface area contributed by atoms with Crippen molar-refractivity contribution in [2.75, 3.05) is 38.3 Å². The molecule has 2 rings (SSSR count). The molecule has 1 aromatic rings. The first kappa shape index (κ1) is 13.4. The highest BCUT2D eigenvalue weighted by atomic mass is 35.5. The predicted octanol–water partition coefficient (Wildman–Crippen LogP) is 2.24. The highest BCUT2D eigenvalue weighted by Crippen LogP contribution is 2.37. The number of hydrogen-bond donors (Lipinski definition) is 1. The molecular formula is C13H21ClN4. The van der Waals surface area contributed by atoms with Gasteiger partial charge in [0.05, 0.1) is 10.7 Å². The van der Waals surface area contributed by atoms with Gasteiger partial charge in [0.2, 0.25) is 0 Å². The number of nitrogens with zero attached hydrogens (tertiary/aromatic N) is 3. The zero-order chi connectivity index (χ0) is 13.3. The number of nitrogens with two attached hydrogens (primary N) is 1. The van der Waals surface area contributed by atoms with E-state index in [2.05, 4.69) is 28.9 Å². The minimum atomic E-state index is 0.266. The standard InChI is InChI=1S/C13H21ClN4/c1-17(2)13(5-4-6-13)9-18(3)12-11(15)7-10(14)8-16-12/h7-8H,4-6,9,15H2,1-3H3. The van der Waals surface area contributed by atoms with Crippen molar-refractivity contribution in [2.24, 2.45) is 0 Å². The van der Waals surface area contributed by atoms with Gasteiger partial charge in [-0.15, -0.1) is 0 Å². The molecule has 1 saturated carbocycles. The fraction of sp³-hybridized carbons (Fsp3) is 0.615. The van der Waals surface area contributed by atoms with Crippen LogP contribution in [-0.2, 0) is 0 Å². The third-order valence-electron chi connectivity index (χ3n) is 3.99. The van der Waals surface area contributed by atoms with Crippen molar-refractivity contribution in [2.45, 2.75) is 24.8 Å². The lowest BCUT2D eigenvalue weighted by atomic mass is 9.75. The van der Waals surface area contributed by atoms with Gasteiger partial charge >= 0.3 is 0 Å². The normalized spacial score (nSPS) is 17.6. The van der Waals surface area contributed by atoms with Crippen molar-refractivity contribution in [3.8, 4) is 0 Å². The number of nitrogen functional groups attached to an aromatic ring is 1. The third-order valence-corrected chi connectivity index (χ3v) is 4.19. The second kappa shape index (κ2) is 4.94. The summed E-state index contributed by atoms with van der Waals surface area (Å²) in [6.07, 6.45) is 5.41. The first-order chi connectivity index (χ1) is 8.44. The Hall–Kier alpha value is -1.00. The molecule has 1 heterocycles. The molecule has 1 fully saturated rings. The third kappa shape index (κ3) is 2.40. The second-order valence-electron chi connectivity index (χ2n) is 5.39. The van der Waals surface area contributed by atoms with Crippen LogP contribution in [0.25, 0.3) is 0 Å². The molecule has 2 N–H and O–H groups in total. The van der Waals surface area contributed by atoms with Crippen molar-refractivity contribution in [3.63, 3.8) is 0 Å². The highest BCUT2D eigenvalue weighted by molar-refractivity contribution is 6.30. The molecule has 0 saturated heterocycles. The number of aromatic nitrogens is 1. The Morgan fingerprint density at radius 1 is 1.39 bits per heavy atom. The number of likely N-dealkylation sites (N-methyl/N-ethyl adjacent to an activating group) is 2. The minimum absolute atomic E-state index is 0.266. The lowest BCUT2D eigenvalue weighted by Crippen LogP contribution is -2.56. The van der Waals surface area contributed by atoms with Crippen LogP contribution in [0, 0.1) is 0 Å². The van der Waals surface area contributed by atoms with Crippen LogP contribution in [0.4, 0.5) is 11.5 Å². The maximum Gasteiger partial charge on any atom is 0.151 e. The summed E-state index contributed by atoms with van der Waals surface area (Å²) < 4.78 is 0. The molecule has 0 radical (unpaired) electrons. The maximum absolute atomic E-state index is 5.97. The molecule has 1 aliphatic carbocycles. The number of hydrogen-bond acceptors (Lipinski definition) is 4. The second-order valence-corrected chi connectivity index (χ2v) is 5.83. The predicted molar refractivity (Wildman–Crippen MR) is 77.2 cm³/mol. The average molecular weight is 269 g/mol. The largest absolute Gasteiger partial charge is 0.396 e. The monoisotopic (exact) mass is 268 g/mol. The van der Waals surface area contributed by atoms with Gasteiger partial charge in [-0.05, 0) is 39.4 Å². The Morgan fingerprint density at radius 2 is 2.06 bits per heavy atom. The van der Waals surface area contributed by atoms with Gasteiger partial charge in [0.15, 0.2) is 5.82 Å². The van der Waals surface area contributed by atoms with Gasteiger partial charge in [-0.3, -0.25) is 0 Å². The first-order valence-electron chi connectivity index (χ1n) is 6.24. The van der Waals surface area contributed by atoms with Crippen LogP contribution in [0.15, 0.2) is 12.3 Å². The van der Waals surface area contributed by atoms with E-state index >= 15 is 0 Å². The molecule has 100 valence electrons. The molecule has 18 heavy (non-hydrogen) atoms. The SMILES string of the molecule is CN(CC1(N(C)C)CCC1)c1ncc(Cl)cc1N. The van der Waals surface area contributed by atoms with E-state index < -0.39 is 0 Å². The van der Waals surface area contributed by atoms with Crippen LogP contribution in [0.3, 0.4) is 0 Å². The molecule has 0 aliphatic heterocycles. The van der Waals surface area contributed by atoms with Crippen molar-refractivity contribution >= 4 is 23.1 Å². The zero-order valence-electron chi connectivity index (χ0n) is 11.3. The molecule has 0 unspecified atom stereocenters. The maximum atomic E-state index is 5.97. The Balaban J connectivity index is 2.14. The average Bonchev–Trinajstić information content (AvgIpc) is 2.22. The Labute approximate surface area is 114 Å². The van der Waals surface area contributed by atoms with Gasteiger partial charge in [0.25, 0.3) is 0 Å². The fourth-order valence-electron chi connectivity index (χ4n) is 2.61. The Kier molecular flexibility index (Phi) is 3.69. The van der Waals surface area contributed by atoms with E-state index in [-0.39, 0.29) is 5.54 Å².